The van der Waals surface area contributed by atoms with Crippen LogP contribution in [0.2, 0.25) is 0 Å². The summed E-state index contributed by atoms with van der Waals surface area (Å²) in [6, 6.07) is 7.37. The zero-order valence-electron chi connectivity index (χ0n) is 24.4. The van der Waals surface area contributed by atoms with E-state index < -0.39 is 28.9 Å². The Bertz CT molecular complexity index is 1610. The Balaban J connectivity index is 1.72. The standard InChI is InChI=1S/C30H37N3O8S/c1-18-23-25(34)33(30(2,3)28(37)31-13-7-8-14-31)29(38)32(26(23)42-24(18)27(35)36)17-22(41-19-11-15-40-16-12-19)20-9-5-6-10-21(20)39-4/h5-6,9-10,19,22H,7-8,11-17H2,1-4H3,(H,35,36)/t22-/m0/s1. The molecule has 4 heterocycles. The summed E-state index contributed by atoms with van der Waals surface area (Å²) in [6.45, 7) is 6.90. The maximum Gasteiger partial charge on any atom is 0.346 e. The summed E-state index contributed by atoms with van der Waals surface area (Å²) in [7, 11) is 1.56. The maximum atomic E-state index is 14.4. The second-order valence-corrected chi connectivity index (χ2v) is 12.3. The zero-order chi connectivity index (χ0) is 30.2. The summed E-state index contributed by atoms with van der Waals surface area (Å²) in [5.74, 6) is -0.938. The van der Waals surface area contributed by atoms with Gasteiger partial charge in [0.25, 0.3) is 5.56 Å². The molecule has 11 nitrogen and oxygen atoms in total. The van der Waals surface area contributed by atoms with Gasteiger partial charge in [-0.2, -0.15) is 0 Å². The van der Waals surface area contributed by atoms with E-state index >= 15 is 0 Å². The molecular weight excluding hydrogens is 562 g/mol. The first-order valence-corrected chi connectivity index (χ1v) is 15.1. The van der Waals surface area contributed by atoms with E-state index in [1.165, 1.54) is 4.57 Å². The number of aryl methyl sites for hydroxylation is 1. The number of hydrogen-bond donors (Lipinski definition) is 1. The van der Waals surface area contributed by atoms with E-state index in [0.29, 0.717) is 50.5 Å². The lowest BCUT2D eigenvalue weighted by molar-refractivity contribution is -0.138. The molecule has 0 spiro atoms. The van der Waals surface area contributed by atoms with Crippen molar-refractivity contribution in [1.29, 1.82) is 0 Å². The number of likely N-dealkylation sites (tertiary alicyclic amines) is 1. The molecule has 0 aliphatic carbocycles. The van der Waals surface area contributed by atoms with Crippen LogP contribution in [0.25, 0.3) is 10.2 Å². The highest BCUT2D eigenvalue weighted by molar-refractivity contribution is 7.20. The van der Waals surface area contributed by atoms with E-state index in [0.717, 1.165) is 28.7 Å². The zero-order valence-corrected chi connectivity index (χ0v) is 25.2. The van der Waals surface area contributed by atoms with Gasteiger partial charge in [-0.3, -0.25) is 14.2 Å². The summed E-state index contributed by atoms with van der Waals surface area (Å²) < 4.78 is 20.1. The van der Waals surface area contributed by atoms with Crippen molar-refractivity contribution in [2.45, 2.75) is 70.7 Å². The number of hydrogen-bond acceptors (Lipinski definition) is 8. The monoisotopic (exact) mass is 599 g/mol. The number of ether oxygens (including phenoxy) is 3. The Morgan fingerprint density at radius 2 is 1.81 bits per heavy atom. The lowest BCUT2D eigenvalue weighted by atomic mass is 10.0. The normalized spacial score (nSPS) is 17.1. The van der Waals surface area contributed by atoms with Gasteiger partial charge in [0.2, 0.25) is 5.91 Å². The Morgan fingerprint density at radius 3 is 2.45 bits per heavy atom. The quantitative estimate of drug-likeness (QED) is 0.396. The van der Waals surface area contributed by atoms with Gasteiger partial charge in [0, 0.05) is 31.9 Å². The third-order valence-electron chi connectivity index (χ3n) is 8.24. The van der Waals surface area contributed by atoms with Crippen molar-refractivity contribution < 1.29 is 28.9 Å². The fraction of sp³-hybridized carbons (Fsp3) is 0.533. The molecule has 0 unspecified atom stereocenters. The van der Waals surface area contributed by atoms with E-state index in [9.17, 15) is 24.3 Å². The van der Waals surface area contributed by atoms with Crippen LogP contribution in [-0.2, 0) is 26.4 Å². The van der Waals surface area contributed by atoms with Gasteiger partial charge in [0.05, 0.1) is 25.1 Å². The van der Waals surface area contributed by atoms with Crippen LogP contribution in [0, 0.1) is 6.92 Å². The van der Waals surface area contributed by atoms with Crippen molar-refractivity contribution in [3.05, 3.63) is 61.1 Å². The van der Waals surface area contributed by atoms with Gasteiger partial charge in [-0.05, 0) is 58.1 Å². The Kier molecular flexibility index (Phi) is 8.58. The highest BCUT2D eigenvalue weighted by Gasteiger charge is 2.39. The minimum absolute atomic E-state index is 0.0274. The van der Waals surface area contributed by atoms with Crippen molar-refractivity contribution in [3.63, 3.8) is 0 Å². The molecule has 12 heteroatoms. The summed E-state index contributed by atoms with van der Waals surface area (Å²) >= 11 is 0.881. The predicted octanol–water partition coefficient (Wildman–Crippen LogP) is 3.53. The largest absolute Gasteiger partial charge is 0.496 e. The number of benzene rings is 1. The molecule has 0 bridgehead atoms. The highest BCUT2D eigenvalue weighted by Crippen LogP contribution is 2.34. The second-order valence-electron chi connectivity index (χ2n) is 11.3. The molecule has 226 valence electrons. The molecule has 42 heavy (non-hydrogen) atoms. The van der Waals surface area contributed by atoms with Crippen molar-refractivity contribution in [2.24, 2.45) is 0 Å². The molecule has 5 rings (SSSR count). The molecule has 3 aromatic rings. The minimum Gasteiger partial charge on any atom is -0.496 e. The number of nitrogens with zero attached hydrogens (tertiary/aromatic N) is 3. The molecule has 1 amide bonds. The first-order valence-electron chi connectivity index (χ1n) is 14.2. The molecule has 2 aliphatic heterocycles. The number of methoxy groups -OCH3 is 1. The number of aromatic nitrogens is 2. The molecule has 1 atom stereocenters. The van der Waals surface area contributed by atoms with Gasteiger partial charge in [-0.25, -0.2) is 14.2 Å². The summed E-state index contributed by atoms with van der Waals surface area (Å²) in [5, 5.41) is 10.0. The molecule has 0 radical (unpaired) electrons. The summed E-state index contributed by atoms with van der Waals surface area (Å²) in [6.07, 6.45) is 2.25. The SMILES string of the molecule is COc1ccccc1[C@H](Cn1c(=O)n(C(C)(C)C(=O)N2CCCC2)c(=O)c2c(C)c(C(=O)O)sc21)OC1CCOCC1. The van der Waals surface area contributed by atoms with Crippen LogP contribution >= 0.6 is 11.3 Å². The van der Waals surface area contributed by atoms with Crippen LogP contribution in [0.5, 0.6) is 5.75 Å². The first-order chi connectivity index (χ1) is 20.1. The lowest BCUT2D eigenvalue weighted by Gasteiger charge is -2.32. The van der Waals surface area contributed by atoms with Crippen LogP contribution in [0.1, 0.15) is 66.4 Å². The third-order valence-corrected chi connectivity index (χ3v) is 9.54. The van der Waals surface area contributed by atoms with E-state index in [2.05, 4.69) is 0 Å². The number of carboxylic acids is 1. The number of aromatic carboxylic acids is 1. The van der Waals surface area contributed by atoms with E-state index in [1.54, 1.807) is 32.8 Å². The van der Waals surface area contributed by atoms with E-state index in [4.69, 9.17) is 14.2 Å². The number of thiophene rings is 1. The molecule has 2 aromatic heterocycles. The van der Waals surface area contributed by atoms with Crippen molar-refractivity contribution in [1.82, 2.24) is 14.0 Å². The average Bonchev–Trinajstić information content (AvgIpc) is 3.63. The number of fused-ring (bicyclic) bond motifs is 1. The molecule has 0 saturated carbocycles. The average molecular weight is 600 g/mol. The summed E-state index contributed by atoms with van der Waals surface area (Å²) in [5.41, 5.74) is -1.90. The molecule has 2 saturated heterocycles. The van der Waals surface area contributed by atoms with Crippen molar-refractivity contribution >= 4 is 33.4 Å². The highest BCUT2D eigenvalue weighted by atomic mass is 32.1. The molecule has 2 aliphatic rings. The Hall–Kier alpha value is -3.48. The number of carbonyl (C=O) groups is 2. The third kappa shape index (κ3) is 5.38. The van der Waals surface area contributed by atoms with Gasteiger partial charge in [-0.1, -0.05) is 18.2 Å². The number of para-hydroxylation sites is 1. The van der Waals surface area contributed by atoms with Crippen molar-refractivity contribution in [3.8, 4) is 5.75 Å². The van der Waals surface area contributed by atoms with E-state index in [-0.39, 0.29) is 39.2 Å². The van der Waals surface area contributed by atoms with Crippen LogP contribution < -0.4 is 16.0 Å². The number of carboxylic acid groups (broad SMARTS) is 1. The number of rotatable bonds is 9. The summed E-state index contributed by atoms with van der Waals surface area (Å²) in [4.78, 5) is 56.1. The van der Waals surface area contributed by atoms with Gasteiger partial charge in [0.1, 0.15) is 27.1 Å². The first kappa shape index (κ1) is 30.0. The van der Waals surface area contributed by atoms with Crippen LogP contribution in [0.15, 0.2) is 33.9 Å². The molecule has 1 aromatic carbocycles. The van der Waals surface area contributed by atoms with Gasteiger partial charge in [0.15, 0.2) is 0 Å². The topological polar surface area (TPSA) is 129 Å². The maximum absolute atomic E-state index is 14.4. The predicted molar refractivity (Wildman–Crippen MR) is 158 cm³/mol. The van der Waals surface area contributed by atoms with Crippen LogP contribution in [0.4, 0.5) is 0 Å². The fourth-order valence-corrected chi connectivity index (χ4v) is 7.11. The fourth-order valence-electron chi connectivity index (χ4n) is 5.96. The number of amides is 1. The molecule has 1 N–H and O–H groups in total. The smallest absolute Gasteiger partial charge is 0.346 e. The van der Waals surface area contributed by atoms with Crippen molar-refractivity contribution in [2.75, 3.05) is 33.4 Å². The lowest BCUT2D eigenvalue weighted by Crippen LogP contribution is -2.56. The Morgan fingerprint density at radius 1 is 1.14 bits per heavy atom. The number of carbonyl (C=O) groups excluding carboxylic acids is 1. The van der Waals surface area contributed by atoms with Gasteiger partial charge < -0.3 is 24.2 Å². The minimum atomic E-state index is -1.51. The molecular formula is C30H37N3O8S. The van der Waals surface area contributed by atoms with Crippen LogP contribution in [-0.4, -0.2) is 70.5 Å². The van der Waals surface area contributed by atoms with Gasteiger partial charge in [-0.15, -0.1) is 11.3 Å². The van der Waals surface area contributed by atoms with E-state index in [1.807, 2.05) is 24.3 Å². The Labute approximate surface area is 247 Å². The molecule has 2 fully saturated rings. The second kappa shape index (κ2) is 12.0. The van der Waals surface area contributed by atoms with Crippen LogP contribution in [0.3, 0.4) is 0 Å². The van der Waals surface area contributed by atoms with Gasteiger partial charge >= 0.3 is 11.7 Å².